The van der Waals surface area contributed by atoms with E-state index in [1.165, 1.54) is 0 Å². The number of nitro groups is 1. The van der Waals surface area contributed by atoms with Crippen LogP contribution < -0.4 is 0 Å². The average molecular weight is 113 g/mol. The summed E-state index contributed by atoms with van der Waals surface area (Å²) in [4.78, 5) is 9.11. The van der Waals surface area contributed by atoms with E-state index in [0.29, 0.717) is 0 Å². The first-order valence-corrected chi connectivity index (χ1v) is 1.77. The van der Waals surface area contributed by atoms with Crippen LogP contribution in [-0.2, 0) is 0 Å². The van der Waals surface area contributed by atoms with Crippen LogP contribution in [-0.4, -0.2) is 10.1 Å². The van der Waals surface area contributed by atoms with Gasteiger partial charge >= 0.3 is 5.69 Å². The van der Waals surface area contributed by atoms with E-state index in [0.717, 1.165) is 6.20 Å². The zero-order valence-electron chi connectivity index (χ0n) is 3.70. The lowest BCUT2D eigenvalue weighted by atomic mass is 10.6. The van der Waals surface area contributed by atoms with Crippen molar-refractivity contribution in [3.05, 3.63) is 22.6 Å². The fourth-order valence-corrected chi connectivity index (χ4v) is 0.260. The van der Waals surface area contributed by atoms with Gasteiger partial charge in [-0.3, -0.25) is 10.1 Å². The van der Waals surface area contributed by atoms with Gasteiger partial charge < -0.3 is 4.52 Å². The van der Waals surface area contributed by atoms with Gasteiger partial charge in [-0.1, -0.05) is 5.16 Å². The van der Waals surface area contributed by atoms with E-state index in [4.69, 9.17) is 0 Å². The summed E-state index contributed by atoms with van der Waals surface area (Å²) in [6, 6.07) is 0. The highest BCUT2D eigenvalue weighted by Gasteiger charge is 2.06. The van der Waals surface area contributed by atoms with Crippen molar-refractivity contribution in [3.8, 4) is 0 Å². The molecule has 41 valence electrons. The van der Waals surface area contributed by atoms with Crippen LogP contribution in [0.2, 0.25) is 0 Å². The predicted octanol–water partition coefficient (Wildman–Crippen LogP) is 0.383. The first-order valence-electron chi connectivity index (χ1n) is 1.77. The van der Waals surface area contributed by atoms with E-state index in [2.05, 4.69) is 9.68 Å². The molecule has 1 aromatic heterocycles. The Morgan fingerprint density at radius 1 is 2.00 bits per heavy atom. The predicted molar refractivity (Wildman–Crippen MR) is 22.0 cm³/mol. The minimum atomic E-state index is -0.628. The minimum Gasteiger partial charge on any atom is -0.345 e. The summed E-state index contributed by atoms with van der Waals surface area (Å²) in [5.41, 5.74) is -0.245. The molecule has 0 aliphatic heterocycles. The second kappa shape index (κ2) is 1.61. The third-order valence-electron chi connectivity index (χ3n) is 0.575. The highest BCUT2D eigenvalue weighted by Crippen LogP contribution is 2.04. The third kappa shape index (κ3) is 0.651. The Labute approximate surface area is 44.0 Å². The van der Waals surface area contributed by atoms with Gasteiger partial charge in [-0.25, -0.2) is 0 Å². The van der Waals surface area contributed by atoms with Crippen molar-refractivity contribution in [1.82, 2.24) is 5.16 Å². The molecular formula is C3HN2O3. The van der Waals surface area contributed by atoms with E-state index < -0.39 is 4.92 Å². The summed E-state index contributed by atoms with van der Waals surface area (Å²) in [6.45, 7) is 0. The van der Waals surface area contributed by atoms with Crippen LogP contribution in [0.15, 0.2) is 10.7 Å². The first-order chi connectivity index (χ1) is 3.80. The highest BCUT2D eigenvalue weighted by molar-refractivity contribution is 5.15. The van der Waals surface area contributed by atoms with Crippen molar-refractivity contribution in [2.75, 3.05) is 0 Å². The SMILES string of the molecule is O=[N+]([O-])c1[c]onc1. The van der Waals surface area contributed by atoms with E-state index in [1.807, 2.05) is 6.26 Å². The topological polar surface area (TPSA) is 69.2 Å². The molecule has 0 atom stereocenters. The average Bonchev–Trinajstić information content (AvgIpc) is 2.12. The molecule has 1 rings (SSSR count). The van der Waals surface area contributed by atoms with E-state index in [9.17, 15) is 10.1 Å². The maximum absolute atomic E-state index is 9.74. The van der Waals surface area contributed by atoms with Crippen LogP contribution in [0.5, 0.6) is 0 Å². The Bertz CT molecular complexity index is 180. The van der Waals surface area contributed by atoms with Gasteiger partial charge in [0.1, 0.15) is 6.20 Å². The molecule has 1 radical (unpaired) electrons. The van der Waals surface area contributed by atoms with Crippen molar-refractivity contribution in [2.24, 2.45) is 0 Å². The molecule has 0 saturated carbocycles. The van der Waals surface area contributed by atoms with Crippen molar-refractivity contribution in [1.29, 1.82) is 0 Å². The van der Waals surface area contributed by atoms with Crippen LogP contribution in [0.25, 0.3) is 0 Å². The van der Waals surface area contributed by atoms with Crippen molar-refractivity contribution in [2.45, 2.75) is 0 Å². The van der Waals surface area contributed by atoms with Gasteiger partial charge in [-0.15, -0.1) is 0 Å². The standard InChI is InChI=1S/C3HN2O3/c6-5(7)3-1-4-8-2-3/h1H. The second-order valence-electron chi connectivity index (χ2n) is 1.07. The molecule has 8 heavy (non-hydrogen) atoms. The Morgan fingerprint density at radius 3 is 3.00 bits per heavy atom. The molecule has 1 heterocycles. The lowest BCUT2D eigenvalue weighted by Crippen LogP contribution is -1.82. The smallest absolute Gasteiger partial charge is 0.340 e. The van der Waals surface area contributed by atoms with Gasteiger partial charge in [0, 0.05) is 0 Å². The maximum atomic E-state index is 9.74. The zero-order chi connectivity index (χ0) is 5.98. The Hall–Kier alpha value is -1.39. The monoisotopic (exact) mass is 113 g/mol. The molecule has 0 bridgehead atoms. The summed E-state index contributed by atoms with van der Waals surface area (Å²) in [7, 11) is 0. The Kier molecular flexibility index (Phi) is 0.957. The number of hydrogen-bond donors (Lipinski definition) is 0. The normalized spacial score (nSPS) is 9.00. The van der Waals surface area contributed by atoms with E-state index in [-0.39, 0.29) is 5.69 Å². The molecule has 5 heteroatoms. The fourth-order valence-electron chi connectivity index (χ4n) is 0.260. The Balaban J connectivity index is 2.93. The van der Waals surface area contributed by atoms with Crippen LogP contribution in [0.4, 0.5) is 5.69 Å². The van der Waals surface area contributed by atoms with Gasteiger partial charge in [-0.2, -0.15) is 0 Å². The lowest BCUT2D eigenvalue weighted by Gasteiger charge is -1.73. The molecule has 0 amide bonds. The van der Waals surface area contributed by atoms with E-state index >= 15 is 0 Å². The van der Waals surface area contributed by atoms with Crippen LogP contribution in [0, 0.1) is 16.4 Å². The molecular weight excluding hydrogens is 112 g/mol. The number of nitrogens with zero attached hydrogens (tertiary/aromatic N) is 2. The third-order valence-corrected chi connectivity index (χ3v) is 0.575. The summed E-state index contributed by atoms with van der Waals surface area (Å²) < 4.78 is 4.06. The van der Waals surface area contributed by atoms with Crippen molar-refractivity contribution >= 4 is 5.69 Å². The molecule has 5 nitrogen and oxygen atoms in total. The lowest BCUT2D eigenvalue weighted by molar-refractivity contribution is -0.385. The Morgan fingerprint density at radius 2 is 2.75 bits per heavy atom. The van der Waals surface area contributed by atoms with Crippen LogP contribution in [0.3, 0.4) is 0 Å². The first kappa shape index (κ1) is 4.76. The number of hydrogen-bond acceptors (Lipinski definition) is 4. The largest absolute Gasteiger partial charge is 0.345 e. The van der Waals surface area contributed by atoms with Gasteiger partial charge in [0.25, 0.3) is 6.26 Å². The molecule has 0 saturated heterocycles. The molecule has 0 spiro atoms. The molecule has 0 unspecified atom stereocenters. The van der Waals surface area contributed by atoms with Gasteiger partial charge in [-0.05, 0) is 0 Å². The molecule has 0 aromatic carbocycles. The summed E-state index contributed by atoms with van der Waals surface area (Å²) in [5, 5.41) is 12.8. The number of rotatable bonds is 1. The quantitative estimate of drug-likeness (QED) is 0.390. The van der Waals surface area contributed by atoms with E-state index in [1.54, 1.807) is 0 Å². The summed E-state index contributed by atoms with van der Waals surface area (Å²) >= 11 is 0. The molecule has 0 N–H and O–H groups in total. The molecule has 0 fully saturated rings. The minimum absolute atomic E-state index is 0.245. The molecule has 1 aromatic rings. The van der Waals surface area contributed by atoms with Gasteiger partial charge in [0.15, 0.2) is 0 Å². The highest BCUT2D eigenvalue weighted by atomic mass is 16.6. The van der Waals surface area contributed by atoms with Crippen molar-refractivity contribution < 1.29 is 9.45 Å². The van der Waals surface area contributed by atoms with Crippen LogP contribution >= 0.6 is 0 Å². The summed E-state index contributed by atoms with van der Waals surface area (Å²) in [5.74, 6) is 0. The number of aromatic nitrogens is 1. The fraction of sp³-hybridized carbons (Fsp3) is 0. The molecule has 0 aliphatic rings. The second-order valence-corrected chi connectivity index (χ2v) is 1.07. The zero-order valence-corrected chi connectivity index (χ0v) is 3.70. The van der Waals surface area contributed by atoms with Crippen molar-refractivity contribution in [3.63, 3.8) is 0 Å². The van der Waals surface area contributed by atoms with Crippen LogP contribution in [0.1, 0.15) is 0 Å². The summed E-state index contributed by atoms with van der Waals surface area (Å²) in [6.07, 6.45) is 2.94. The van der Waals surface area contributed by atoms with Gasteiger partial charge in [0.2, 0.25) is 0 Å². The molecule has 0 aliphatic carbocycles. The van der Waals surface area contributed by atoms with Gasteiger partial charge in [0.05, 0.1) is 4.92 Å². The maximum Gasteiger partial charge on any atom is 0.340 e.